The minimum atomic E-state index is -4.53. The maximum absolute atomic E-state index is 12.3. The molecule has 2 heterocycles. The van der Waals surface area contributed by atoms with Crippen LogP contribution >= 0.6 is 22.9 Å². The summed E-state index contributed by atoms with van der Waals surface area (Å²) < 4.78 is 45.9. The number of carbonyl (C=O) groups excluding carboxylic acids is 2. The highest BCUT2D eigenvalue weighted by molar-refractivity contribution is 7.18. The van der Waals surface area contributed by atoms with Crippen LogP contribution in [0.25, 0.3) is 0 Å². The standard InChI is InChI=1S/C16H14ClF3N2O4S/c1-3-25-15(24)12-8(2)4-11(27-12)22-13(23)9-5-10(17)14(21-6-9)26-7-16(18,19)20/h4-6H,3,7H2,1-2H3,(H,22,23). The van der Waals surface area contributed by atoms with Gasteiger partial charge in [-0.1, -0.05) is 11.6 Å². The molecule has 0 aliphatic heterocycles. The number of pyridine rings is 1. The molecule has 146 valence electrons. The number of hydrogen-bond donors (Lipinski definition) is 1. The molecule has 0 saturated carbocycles. The molecular weight excluding hydrogens is 409 g/mol. The first kappa shape index (κ1) is 21.0. The minimum absolute atomic E-state index is 0.0168. The van der Waals surface area contributed by atoms with Gasteiger partial charge >= 0.3 is 12.1 Å². The van der Waals surface area contributed by atoms with Gasteiger partial charge in [-0.25, -0.2) is 9.78 Å². The molecule has 11 heteroatoms. The van der Waals surface area contributed by atoms with Crippen LogP contribution in [0.1, 0.15) is 32.5 Å². The fourth-order valence-corrected chi connectivity index (χ4v) is 3.12. The van der Waals surface area contributed by atoms with Crippen molar-refractivity contribution in [3.8, 4) is 5.88 Å². The van der Waals surface area contributed by atoms with Gasteiger partial charge in [-0.2, -0.15) is 13.2 Å². The number of esters is 1. The Kier molecular flexibility index (Phi) is 6.66. The molecule has 2 aromatic heterocycles. The largest absolute Gasteiger partial charge is 0.467 e. The van der Waals surface area contributed by atoms with Crippen molar-refractivity contribution in [3.05, 3.63) is 39.4 Å². The molecule has 1 N–H and O–H groups in total. The van der Waals surface area contributed by atoms with Crippen LogP contribution in [0, 0.1) is 6.92 Å². The summed E-state index contributed by atoms with van der Waals surface area (Å²) in [4.78, 5) is 28.1. The van der Waals surface area contributed by atoms with Gasteiger partial charge in [-0.05, 0) is 31.5 Å². The van der Waals surface area contributed by atoms with Gasteiger partial charge in [0.05, 0.1) is 17.2 Å². The second-order valence-electron chi connectivity index (χ2n) is 5.21. The number of thiophene rings is 1. The normalized spacial score (nSPS) is 11.2. The number of amides is 1. The van der Waals surface area contributed by atoms with E-state index in [1.165, 1.54) is 0 Å². The maximum Gasteiger partial charge on any atom is 0.422 e. The Hall–Kier alpha value is -2.33. The number of aryl methyl sites for hydroxylation is 1. The SMILES string of the molecule is CCOC(=O)c1sc(NC(=O)c2cnc(OCC(F)(F)F)c(Cl)c2)cc1C. The zero-order valence-corrected chi connectivity index (χ0v) is 15.7. The average molecular weight is 423 g/mol. The molecule has 2 rings (SSSR count). The maximum atomic E-state index is 12.3. The summed E-state index contributed by atoms with van der Waals surface area (Å²) in [5.41, 5.74) is 0.656. The lowest BCUT2D eigenvalue weighted by molar-refractivity contribution is -0.154. The second-order valence-corrected chi connectivity index (χ2v) is 6.67. The number of aromatic nitrogens is 1. The van der Waals surface area contributed by atoms with Crippen molar-refractivity contribution in [1.82, 2.24) is 4.98 Å². The van der Waals surface area contributed by atoms with E-state index in [4.69, 9.17) is 16.3 Å². The van der Waals surface area contributed by atoms with E-state index in [-0.39, 0.29) is 17.2 Å². The third-order valence-corrected chi connectivity index (χ3v) is 4.46. The highest BCUT2D eigenvalue weighted by atomic mass is 35.5. The van der Waals surface area contributed by atoms with Crippen molar-refractivity contribution in [3.63, 3.8) is 0 Å². The molecule has 0 aliphatic carbocycles. The van der Waals surface area contributed by atoms with Crippen LogP contribution in [0.2, 0.25) is 5.02 Å². The van der Waals surface area contributed by atoms with Crippen LogP contribution in [0.5, 0.6) is 5.88 Å². The monoisotopic (exact) mass is 422 g/mol. The minimum Gasteiger partial charge on any atom is -0.467 e. The predicted octanol–water partition coefficient (Wildman–Crippen LogP) is 4.48. The van der Waals surface area contributed by atoms with E-state index in [2.05, 4.69) is 15.0 Å². The third kappa shape index (κ3) is 5.83. The van der Waals surface area contributed by atoms with Crippen molar-refractivity contribution in [2.45, 2.75) is 20.0 Å². The van der Waals surface area contributed by atoms with Crippen LogP contribution in [-0.4, -0.2) is 36.3 Å². The van der Waals surface area contributed by atoms with Gasteiger partial charge in [0.2, 0.25) is 5.88 Å². The fourth-order valence-electron chi connectivity index (χ4n) is 1.93. The van der Waals surface area contributed by atoms with Gasteiger partial charge in [0.25, 0.3) is 5.91 Å². The predicted molar refractivity (Wildman–Crippen MR) is 93.8 cm³/mol. The quantitative estimate of drug-likeness (QED) is 0.695. The van der Waals surface area contributed by atoms with E-state index < -0.39 is 30.5 Å². The molecule has 0 atom stereocenters. The molecule has 0 spiro atoms. The summed E-state index contributed by atoms with van der Waals surface area (Å²) in [6, 6.07) is 2.74. The Bertz CT molecular complexity index is 855. The van der Waals surface area contributed by atoms with Crippen molar-refractivity contribution in [2.24, 2.45) is 0 Å². The Morgan fingerprint density at radius 2 is 2.04 bits per heavy atom. The Morgan fingerprint density at radius 3 is 2.63 bits per heavy atom. The highest BCUT2D eigenvalue weighted by Crippen LogP contribution is 2.29. The summed E-state index contributed by atoms with van der Waals surface area (Å²) in [6.45, 7) is 2.06. The zero-order chi connectivity index (χ0) is 20.2. The molecular formula is C16H14ClF3N2O4S. The molecule has 0 unspecified atom stereocenters. The number of rotatable bonds is 6. The Labute approximate surface area is 161 Å². The second kappa shape index (κ2) is 8.57. The molecule has 0 radical (unpaired) electrons. The molecule has 0 fully saturated rings. The Balaban J connectivity index is 2.09. The number of alkyl halides is 3. The average Bonchev–Trinajstić information content (AvgIpc) is 2.93. The number of nitrogens with one attached hydrogen (secondary N) is 1. The lowest BCUT2D eigenvalue weighted by Crippen LogP contribution is -2.20. The first-order valence-corrected chi connectivity index (χ1v) is 8.74. The highest BCUT2D eigenvalue weighted by Gasteiger charge is 2.29. The van der Waals surface area contributed by atoms with Crippen molar-refractivity contribution >= 4 is 39.8 Å². The first-order chi connectivity index (χ1) is 12.6. The lowest BCUT2D eigenvalue weighted by Gasteiger charge is -2.10. The van der Waals surface area contributed by atoms with Crippen LogP contribution < -0.4 is 10.1 Å². The molecule has 6 nitrogen and oxygen atoms in total. The third-order valence-electron chi connectivity index (χ3n) is 3.06. The molecule has 0 bridgehead atoms. The van der Waals surface area contributed by atoms with Crippen molar-refractivity contribution in [1.29, 1.82) is 0 Å². The smallest absolute Gasteiger partial charge is 0.422 e. The van der Waals surface area contributed by atoms with Gasteiger partial charge in [-0.3, -0.25) is 4.79 Å². The zero-order valence-electron chi connectivity index (χ0n) is 14.1. The van der Waals surface area contributed by atoms with Crippen molar-refractivity contribution in [2.75, 3.05) is 18.5 Å². The fraction of sp³-hybridized carbons (Fsp3) is 0.312. The molecule has 0 aliphatic rings. The topological polar surface area (TPSA) is 77.5 Å². The number of hydrogen-bond acceptors (Lipinski definition) is 6. The number of halogens is 4. The Morgan fingerprint density at radius 1 is 1.33 bits per heavy atom. The summed E-state index contributed by atoms with van der Waals surface area (Å²) in [5, 5.41) is 2.73. The van der Waals surface area contributed by atoms with E-state index >= 15 is 0 Å². The molecule has 27 heavy (non-hydrogen) atoms. The summed E-state index contributed by atoms with van der Waals surface area (Å²) in [5.74, 6) is -1.51. The summed E-state index contributed by atoms with van der Waals surface area (Å²) in [7, 11) is 0. The first-order valence-electron chi connectivity index (χ1n) is 7.54. The van der Waals surface area contributed by atoms with E-state index in [0.717, 1.165) is 23.6 Å². The van der Waals surface area contributed by atoms with E-state index in [1.807, 2.05) is 0 Å². The summed E-state index contributed by atoms with van der Waals surface area (Å²) >= 11 is 6.86. The molecule has 1 amide bonds. The van der Waals surface area contributed by atoms with E-state index in [0.29, 0.717) is 15.4 Å². The number of ether oxygens (including phenoxy) is 2. The van der Waals surface area contributed by atoms with Crippen LogP contribution in [-0.2, 0) is 4.74 Å². The van der Waals surface area contributed by atoms with Gasteiger partial charge < -0.3 is 14.8 Å². The van der Waals surface area contributed by atoms with Crippen LogP contribution in [0.3, 0.4) is 0 Å². The number of nitrogens with zero attached hydrogens (tertiary/aromatic N) is 1. The van der Waals surface area contributed by atoms with Gasteiger partial charge in [-0.15, -0.1) is 11.3 Å². The van der Waals surface area contributed by atoms with E-state index in [9.17, 15) is 22.8 Å². The van der Waals surface area contributed by atoms with E-state index in [1.54, 1.807) is 19.9 Å². The van der Waals surface area contributed by atoms with Gasteiger partial charge in [0.15, 0.2) is 6.61 Å². The molecule has 2 aromatic rings. The lowest BCUT2D eigenvalue weighted by atomic mass is 10.2. The molecule has 0 aromatic carbocycles. The molecule has 0 saturated heterocycles. The van der Waals surface area contributed by atoms with Crippen molar-refractivity contribution < 1.29 is 32.2 Å². The number of carbonyl (C=O) groups is 2. The summed E-state index contributed by atoms with van der Waals surface area (Å²) in [6.07, 6.45) is -3.49. The van der Waals surface area contributed by atoms with Gasteiger partial charge in [0.1, 0.15) is 9.90 Å². The van der Waals surface area contributed by atoms with Crippen LogP contribution in [0.4, 0.5) is 18.2 Å². The van der Waals surface area contributed by atoms with Crippen LogP contribution in [0.15, 0.2) is 18.3 Å². The number of anilines is 1. The van der Waals surface area contributed by atoms with Gasteiger partial charge in [0, 0.05) is 6.20 Å².